The highest BCUT2D eigenvalue weighted by molar-refractivity contribution is 6.05. The second kappa shape index (κ2) is 8.36. The molecule has 1 aromatic carbocycles. The van der Waals surface area contributed by atoms with Gasteiger partial charge in [0, 0.05) is 23.0 Å². The van der Waals surface area contributed by atoms with Gasteiger partial charge >= 0.3 is 6.18 Å². The van der Waals surface area contributed by atoms with Crippen LogP contribution in [0.2, 0.25) is 0 Å². The molecule has 0 radical (unpaired) electrons. The Kier molecular flexibility index (Phi) is 5.86. The van der Waals surface area contributed by atoms with Crippen molar-refractivity contribution < 1.29 is 27.3 Å². The predicted octanol–water partition coefficient (Wildman–Crippen LogP) is 4.14. The Bertz CT molecular complexity index is 1070. The second-order valence-corrected chi connectivity index (χ2v) is 6.49. The maximum absolute atomic E-state index is 12.8. The van der Waals surface area contributed by atoms with E-state index in [2.05, 4.69) is 20.8 Å². The molecule has 7 nitrogen and oxygen atoms in total. The number of anilines is 2. The van der Waals surface area contributed by atoms with Crippen molar-refractivity contribution in [2.75, 3.05) is 10.6 Å². The van der Waals surface area contributed by atoms with E-state index in [0.717, 1.165) is 18.3 Å². The monoisotopic (exact) mass is 418 g/mol. The number of nitrogens with zero attached hydrogens (tertiary/aromatic N) is 2. The van der Waals surface area contributed by atoms with Gasteiger partial charge in [0.1, 0.15) is 11.6 Å². The number of alkyl halides is 3. The molecule has 0 unspecified atom stereocenters. The first kappa shape index (κ1) is 21.0. The van der Waals surface area contributed by atoms with Crippen molar-refractivity contribution >= 4 is 23.3 Å². The summed E-state index contributed by atoms with van der Waals surface area (Å²) < 4.78 is 43.4. The summed E-state index contributed by atoms with van der Waals surface area (Å²) in [6.45, 7) is 3.43. The number of hydrogen-bond donors (Lipinski definition) is 2. The molecule has 156 valence electrons. The van der Waals surface area contributed by atoms with Crippen LogP contribution in [0.4, 0.5) is 24.7 Å². The number of benzene rings is 1. The fourth-order valence-corrected chi connectivity index (χ4v) is 2.72. The molecule has 10 heteroatoms. The molecular weight excluding hydrogens is 401 g/mol. The topological polar surface area (TPSA) is 97.1 Å². The molecule has 0 aliphatic rings. The Morgan fingerprint density at radius 2 is 1.87 bits per heavy atom. The number of carbonyl (C=O) groups is 2. The van der Waals surface area contributed by atoms with Crippen molar-refractivity contribution in [3.8, 4) is 0 Å². The van der Waals surface area contributed by atoms with Gasteiger partial charge in [0.2, 0.25) is 5.91 Å². The van der Waals surface area contributed by atoms with E-state index in [9.17, 15) is 22.8 Å². The molecule has 0 aliphatic carbocycles. The fourth-order valence-electron chi connectivity index (χ4n) is 2.72. The van der Waals surface area contributed by atoms with Gasteiger partial charge in [-0.2, -0.15) is 13.2 Å². The number of carbonyl (C=O) groups excluding carboxylic acids is 2. The van der Waals surface area contributed by atoms with Crippen LogP contribution in [-0.4, -0.2) is 22.0 Å². The van der Waals surface area contributed by atoms with Crippen LogP contribution >= 0.6 is 0 Å². The SMILES string of the molecule is Cc1noc(C)c1CC(=O)Nc1cccc(C(=O)Nc2cc(C(F)(F)F)ccn2)c1. The van der Waals surface area contributed by atoms with Gasteiger partial charge in [0.15, 0.2) is 0 Å². The third kappa shape index (κ3) is 5.02. The van der Waals surface area contributed by atoms with Crippen LogP contribution in [0, 0.1) is 13.8 Å². The minimum absolute atomic E-state index is 0.0474. The molecule has 3 rings (SSSR count). The highest BCUT2D eigenvalue weighted by Crippen LogP contribution is 2.30. The van der Waals surface area contributed by atoms with Crippen LogP contribution in [0.15, 0.2) is 47.1 Å². The Morgan fingerprint density at radius 3 is 2.53 bits per heavy atom. The number of pyridine rings is 1. The standard InChI is InChI=1S/C20H17F3N4O3/c1-11-16(12(2)30-27-11)10-18(28)25-15-5-3-4-13(8-15)19(29)26-17-9-14(6-7-24-17)20(21,22)23/h3-9H,10H2,1-2H3,(H,25,28)(H,24,26,29). The third-order valence-electron chi connectivity index (χ3n) is 4.26. The number of rotatable bonds is 5. The van der Waals surface area contributed by atoms with E-state index in [1.54, 1.807) is 26.0 Å². The zero-order chi connectivity index (χ0) is 21.9. The number of hydrogen-bond acceptors (Lipinski definition) is 5. The van der Waals surface area contributed by atoms with Crippen LogP contribution in [0.5, 0.6) is 0 Å². The van der Waals surface area contributed by atoms with E-state index in [0.29, 0.717) is 22.7 Å². The number of aromatic nitrogens is 2. The highest BCUT2D eigenvalue weighted by atomic mass is 19.4. The Balaban J connectivity index is 1.69. The molecule has 2 heterocycles. The Labute approximate surface area is 169 Å². The zero-order valence-corrected chi connectivity index (χ0v) is 16.0. The summed E-state index contributed by atoms with van der Waals surface area (Å²) in [5.74, 6) is -0.683. The van der Waals surface area contributed by atoms with Crippen molar-refractivity contribution in [3.63, 3.8) is 0 Å². The summed E-state index contributed by atoms with van der Waals surface area (Å²) in [6.07, 6.45) is -3.54. The molecule has 2 amide bonds. The molecule has 0 fully saturated rings. The van der Waals surface area contributed by atoms with Gasteiger partial charge < -0.3 is 15.2 Å². The molecule has 3 aromatic rings. The lowest BCUT2D eigenvalue weighted by Crippen LogP contribution is -2.17. The summed E-state index contributed by atoms with van der Waals surface area (Å²) in [6, 6.07) is 7.56. The third-order valence-corrected chi connectivity index (χ3v) is 4.26. The summed E-state index contributed by atoms with van der Waals surface area (Å²) in [7, 11) is 0. The molecule has 30 heavy (non-hydrogen) atoms. The lowest BCUT2D eigenvalue weighted by molar-refractivity contribution is -0.137. The average molecular weight is 418 g/mol. The summed E-state index contributed by atoms with van der Waals surface area (Å²) in [5.41, 5.74) is 0.871. The molecule has 0 bridgehead atoms. The minimum Gasteiger partial charge on any atom is -0.361 e. The fraction of sp³-hybridized carbons (Fsp3) is 0.200. The first-order chi connectivity index (χ1) is 14.1. The van der Waals surface area contributed by atoms with Gasteiger partial charge in [-0.3, -0.25) is 9.59 Å². The van der Waals surface area contributed by atoms with Crippen LogP contribution in [0.1, 0.15) is 32.9 Å². The number of amides is 2. The van der Waals surface area contributed by atoms with Crippen LogP contribution < -0.4 is 10.6 Å². The molecule has 0 atom stereocenters. The van der Waals surface area contributed by atoms with Crippen molar-refractivity contribution in [3.05, 3.63) is 70.7 Å². The van der Waals surface area contributed by atoms with Crippen LogP contribution in [0.3, 0.4) is 0 Å². The van der Waals surface area contributed by atoms with E-state index in [1.807, 2.05) is 0 Å². The predicted molar refractivity (Wildman–Crippen MR) is 102 cm³/mol. The zero-order valence-electron chi connectivity index (χ0n) is 16.0. The van der Waals surface area contributed by atoms with Gasteiger partial charge in [-0.25, -0.2) is 4.98 Å². The summed E-state index contributed by atoms with van der Waals surface area (Å²) in [4.78, 5) is 28.4. The molecule has 0 spiro atoms. The normalized spacial score (nSPS) is 11.2. The van der Waals surface area contributed by atoms with E-state index in [4.69, 9.17) is 4.52 Å². The molecule has 0 aliphatic heterocycles. The van der Waals surface area contributed by atoms with Gasteiger partial charge in [-0.1, -0.05) is 11.2 Å². The van der Waals surface area contributed by atoms with E-state index < -0.39 is 17.6 Å². The van der Waals surface area contributed by atoms with Crippen molar-refractivity contribution in [1.29, 1.82) is 0 Å². The van der Waals surface area contributed by atoms with Crippen molar-refractivity contribution in [2.24, 2.45) is 0 Å². The van der Waals surface area contributed by atoms with E-state index in [1.165, 1.54) is 12.1 Å². The lowest BCUT2D eigenvalue weighted by atomic mass is 10.1. The molecule has 2 N–H and O–H groups in total. The van der Waals surface area contributed by atoms with Crippen LogP contribution in [-0.2, 0) is 17.4 Å². The Hall–Kier alpha value is -3.69. The smallest absolute Gasteiger partial charge is 0.361 e. The van der Waals surface area contributed by atoms with Gasteiger partial charge in [-0.15, -0.1) is 0 Å². The highest BCUT2D eigenvalue weighted by Gasteiger charge is 2.30. The molecule has 2 aromatic heterocycles. The Morgan fingerprint density at radius 1 is 1.10 bits per heavy atom. The van der Waals surface area contributed by atoms with Crippen molar-refractivity contribution in [1.82, 2.24) is 10.1 Å². The maximum Gasteiger partial charge on any atom is 0.416 e. The van der Waals surface area contributed by atoms with Crippen molar-refractivity contribution in [2.45, 2.75) is 26.4 Å². The largest absolute Gasteiger partial charge is 0.416 e. The number of halogens is 3. The molecular formula is C20H17F3N4O3. The first-order valence-corrected chi connectivity index (χ1v) is 8.80. The summed E-state index contributed by atoms with van der Waals surface area (Å²) in [5, 5.41) is 8.78. The minimum atomic E-state index is -4.55. The van der Waals surface area contributed by atoms with E-state index in [-0.39, 0.29) is 23.7 Å². The van der Waals surface area contributed by atoms with Crippen LogP contribution in [0.25, 0.3) is 0 Å². The lowest BCUT2D eigenvalue weighted by Gasteiger charge is -2.10. The average Bonchev–Trinajstić information content (AvgIpc) is 2.99. The van der Waals surface area contributed by atoms with Gasteiger partial charge in [0.05, 0.1) is 17.7 Å². The summed E-state index contributed by atoms with van der Waals surface area (Å²) >= 11 is 0. The second-order valence-electron chi connectivity index (χ2n) is 6.49. The maximum atomic E-state index is 12.8. The molecule has 0 saturated carbocycles. The number of nitrogens with one attached hydrogen (secondary N) is 2. The van der Waals surface area contributed by atoms with Gasteiger partial charge in [0.25, 0.3) is 5.91 Å². The number of aryl methyl sites for hydroxylation is 2. The molecule has 0 saturated heterocycles. The first-order valence-electron chi connectivity index (χ1n) is 8.80. The quantitative estimate of drug-likeness (QED) is 0.649. The van der Waals surface area contributed by atoms with E-state index >= 15 is 0 Å². The van der Waals surface area contributed by atoms with Gasteiger partial charge in [-0.05, 0) is 44.2 Å².